The second-order valence-corrected chi connectivity index (χ2v) is 2.72. The third-order valence-electron chi connectivity index (χ3n) is 0.866. The zero-order chi connectivity index (χ0) is 8.27. The van der Waals surface area contributed by atoms with Gasteiger partial charge in [-0.05, 0) is 40.6 Å². The van der Waals surface area contributed by atoms with E-state index in [9.17, 15) is 4.79 Å². The normalized spacial score (nSPS) is 8.45. The number of halogens is 1. The van der Waals surface area contributed by atoms with E-state index in [0.29, 0.717) is 9.53 Å². The zero-order valence-corrected chi connectivity index (χ0v) is 7.45. The maximum absolute atomic E-state index is 9.96. The minimum Gasteiger partial charge on any atom is -0.472 e. The standard InChI is InChI=1S/C7H3IO3/c8-6-3-1-5(11-6)2-4-7(9)10/h1,3H,(H,9,10). The number of carboxylic acids is 1. The molecule has 0 fully saturated rings. The van der Waals surface area contributed by atoms with Crippen LogP contribution in [0.25, 0.3) is 0 Å². The lowest BCUT2D eigenvalue weighted by atomic mass is 10.4. The van der Waals surface area contributed by atoms with Gasteiger partial charge in [-0.15, -0.1) is 0 Å². The average Bonchev–Trinajstić information content (AvgIpc) is 2.31. The van der Waals surface area contributed by atoms with Crippen molar-refractivity contribution in [3.63, 3.8) is 0 Å². The predicted octanol–water partition coefficient (Wildman–Crippen LogP) is 1.32. The Bertz CT molecular complexity index is 329. The van der Waals surface area contributed by atoms with Gasteiger partial charge in [-0.25, -0.2) is 4.79 Å². The van der Waals surface area contributed by atoms with Crippen LogP contribution in [0.1, 0.15) is 5.76 Å². The van der Waals surface area contributed by atoms with Gasteiger partial charge in [0.15, 0.2) is 9.53 Å². The lowest BCUT2D eigenvalue weighted by molar-refractivity contribution is -0.130. The number of carboxylic acid groups (broad SMARTS) is 1. The molecule has 1 aromatic heterocycles. The molecule has 1 rings (SSSR count). The summed E-state index contributed by atoms with van der Waals surface area (Å²) in [7, 11) is 0. The maximum atomic E-state index is 9.96. The van der Waals surface area contributed by atoms with Crippen molar-refractivity contribution < 1.29 is 14.3 Å². The summed E-state index contributed by atoms with van der Waals surface area (Å²) in [5.41, 5.74) is 0. The Morgan fingerprint density at radius 1 is 1.64 bits per heavy atom. The molecule has 0 unspecified atom stereocenters. The van der Waals surface area contributed by atoms with Crippen molar-refractivity contribution in [3.8, 4) is 11.8 Å². The van der Waals surface area contributed by atoms with E-state index in [1.807, 2.05) is 28.5 Å². The molecule has 0 spiro atoms. The molecule has 0 saturated heterocycles. The van der Waals surface area contributed by atoms with Crippen molar-refractivity contribution in [2.24, 2.45) is 0 Å². The van der Waals surface area contributed by atoms with Gasteiger partial charge in [0.25, 0.3) is 0 Å². The van der Waals surface area contributed by atoms with Crippen LogP contribution in [0, 0.1) is 15.6 Å². The molecule has 1 aromatic rings. The quantitative estimate of drug-likeness (QED) is 0.566. The Morgan fingerprint density at radius 3 is 2.82 bits per heavy atom. The fourth-order valence-electron chi connectivity index (χ4n) is 0.497. The second kappa shape index (κ2) is 3.44. The molecular weight excluding hydrogens is 259 g/mol. The zero-order valence-electron chi connectivity index (χ0n) is 5.30. The van der Waals surface area contributed by atoms with Crippen molar-refractivity contribution >= 4 is 28.6 Å². The topological polar surface area (TPSA) is 50.4 Å². The molecule has 56 valence electrons. The molecule has 11 heavy (non-hydrogen) atoms. The molecule has 0 bridgehead atoms. The van der Waals surface area contributed by atoms with Crippen LogP contribution in [-0.4, -0.2) is 11.1 Å². The van der Waals surface area contributed by atoms with Gasteiger partial charge in [0, 0.05) is 5.92 Å². The minimum atomic E-state index is -1.16. The van der Waals surface area contributed by atoms with Crippen molar-refractivity contribution in [1.82, 2.24) is 0 Å². The van der Waals surface area contributed by atoms with Gasteiger partial charge < -0.3 is 9.52 Å². The van der Waals surface area contributed by atoms with Crippen LogP contribution in [0.5, 0.6) is 0 Å². The number of carbonyl (C=O) groups is 1. The predicted molar refractivity (Wildman–Crippen MR) is 45.9 cm³/mol. The van der Waals surface area contributed by atoms with E-state index in [2.05, 4.69) is 5.92 Å². The van der Waals surface area contributed by atoms with E-state index < -0.39 is 5.97 Å². The Morgan fingerprint density at radius 2 is 2.36 bits per heavy atom. The maximum Gasteiger partial charge on any atom is 0.382 e. The van der Waals surface area contributed by atoms with E-state index in [1.165, 1.54) is 0 Å². The van der Waals surface area contributed by atoms with Crippen LogP contribution < -0.4 is 0 Å². The van der Waals surface area contributed by atoms with Crippen LogP contribution >= 0.6 is 22.6 Å². The van der Waals surface area contributed by atoms with E-state index in [4.69, 9.17) is 9.52 Å². The molecule has 0 aliphatic carbocycles. The third-order valence-corrected chi connectivity index (χ3v) is 1.45. The molecule has 0 amide bonds. The van der Waals surface area contributed by atoms with Gasteiger partial charge in [-0.2, -0.15) is 0 Å². The second-order valence-electron chi connectivity index (χ2n) is 1.66. The SMILES string of the molecule is O=C(O)C#Cc1ccc(I)o1. The number of rotatable bonds is 0. The number of aliphatic carboxylic acids is 1. The molecule has 1 heterocycles. The highest BCUT2D eigenvalue weighted by Gasteiger charge is 1.93. The first-order valence-electron chi connectivity index (χ1n) is 2.69. The largest absolute Gasteiger partial charge is 0.472 e. The Labute approximate surface area is 76.5 Å². The minimum absolute atomic E-state index is 0.372. The fourth-order valence-corrected chi connectivity index (χ4v) is 0.914. The summed E-state index contributed by atoms with van der Waals surface area (Å²) in [6.07, 6.45) is 0. The highest BCUT2D eigenvalue weighted by atomic mass is 127. The lowest BCUT2D eigenvalue weighted by Crippen LogP contribution is -1.86. The van der Waals surface area contributed by atoms with E-state index in [0.717, 1.165) is 0 Å². The molecular formula is C7H3IO3. The number of furan rings is 1. The first-order chi connectivity index (χ1) is 5.18. The first-order valence-corrected chi connectivity index (χ1v) is 3.76. The van der Waals surface area contributed by atoms with Crippen LogP contribution in [0.15, 0.2) is 16.5 Å². The molecule has 3 nitrogen and oxygen atoms in total. The summed E-state index contributed by atoms with van der Waals surface area (Å²) in [4.78, 5) is 9.96. The molecule has 0 atom stereocenters. The molecule has 0 aliphatic heterocycles. The summed E-state index contributed by atoms with van der Waals surface area (Å²) < 4.78 is 5.68. The van der Waals surface area contributed by atoms with Gasteiger partial charge in [0.2, 0.25) is 0 Å². The van der Waals surface area contributed by atoms with Crippen LogP contribution in [0.4, 0.5) is 0 Å². The fraction of sp³-hybridized carbons (Fsp3) is 0. The Kier molecular flexibility index (Phi) is 2.54. The summed E-state index contributed by atoms with van der Waals surface area (Å²) in [6.45, 7) is 0. The Balaban J connectivity index is 2.82. The molecule has 0 radical (unpaired) electrons. The van der Waals surface area contributed by atoms with E-state index >= 15 is 0 Å². The monoisotopic (exact) mass is 262 g/mol. The number of hydrogen-bond acceptors (Lipinski definition) is 2. The smallest absolute Gasteiger partial charge is 0.382 e. The molecule has 0 aliphatic rings. The molecule has 4 heteroatoms. The van der Waals surface area contributed by atoms with Crippen molar-refractivity contribution in [2.75, 3.05) is 0 Å². The van der Waals surface area contributed by atoms with Crippen LogP contribution in [0.2, 0.25) is 0 Å². The highest BCUT2D eigenvalue weighted by molar-refractivity contribution is 14.1. The summed E-state index contributed by atoms with van der Waals surface area (Å²) in [5.74, 6) is 3.50. The molecule has 0 saturated carbocycles. The summed E-state index contributed by atoms with van der Waals surface area (Å²) >= 11 is 1.98. The Hall–Kier alpha value is -0.960. The summed E-state index contributed by atoms with van der Waals surface area (Å²) in [6, 6.07) is 3.34. The van der Waals surface area contributed by atoms with Gasteiger partial charge in [-0.3, -0.25) is 0 Å². The van der Waals surface area contributed by atoms with Crippen LogP contribution in [-0.2, 0) is 4.79 Å². The van der Waals surface area contributed by atoms with Gasteiger partial charge in [0.05, 0.1) is 0 Å². The highest BCUT2D eigenvalue weighted by Crippen LogP contribution is 2.08. The lowest BCUT2D eigenvalue weighted by Gasteiger charge is -1.76. The van der Waals surface area contributed by atoms with Crippen molar-refractivity contribution in [2.45, 2.75) is 0 Å². The van der Waals surface area contributed by atoms with Crippen LogP contribution in [0.3, 0.4) is 0 Å². The molecule has 0 aromatic carbocycles. The van der Waals surface area contributed by atoms with Crippen molar-refractivity contribution in [1.29, 1.82) is 0 Å². The van der Waals surface area contributed by atoms with Gasteiger partial charge in [0.1, 0.15) is 0 Å². The van der Waals surface area contributed by atoms with Crippen molar-refractivity contribution in [3.05, 3.63) is 21.7 Å². The van der Waals surface area contributed by atoms with E-state index in [1.54, 1.807) is 12.1 Å². The third kappa shape index (κ3) is 2.63. The van der Waals surface area contributed by atoms with E-state index in [-0.39, 0.29) is 0 Å². The summed E-state index contributed by atoms with van der Waals surface area (Å²) in [5, 5.41) is 8.16. The average molecular weight is 262 g/mol. The first kappa shape index (κ1) is 8.14. The molecule has 1 N–H and O–H groups in total. The number of hydrogen-bond donors (Lipinski definition) is 1. The van der Waals surface area contributed by atoms with Gasteiger partial charge >= 0.3 is 5.97 Å². The van der Waals surface area contributed by atoms with Gasteiger partial charge in [-0.1, -0.05) is 0 Å².